The van der Waals surface area contributed by atoms with Crippen molar-refractivity contribution < 1.29 is 26.3 Å². The van der Waals surface area contributed by atoms with Gasteiger partial charge in [0.25, 0.3) is 10.0 Å². The van der Waals surface area contributed by atoms with Gasteiger partial charge >= 0.3 is 0 Å². The summed E-state index contributed by atoms with van der Waals surface area (Å²) < 4.78 is 66.9. The van der Waals surface area contributed by atoms with E-state index in [1.165, 1.54) is 28.6 Å². The number of nitrogens with zero attached hydrogens (tertiary/aromatic N) is 1. The van der Waals surface area contributed by atoms with E-state index in [-0.39, 0.29) is 34.7 Å². The first kappa shape index (κ1) is 23.0. The lowest BCUT2D eigenvalue weighted by molar-refractivity contribution is 0.0730. The van der Waals surface area contributed by atoms with Gasteiger partial charge in [0.15, 0.2) is 0 Å². The normalized spacial score (nSPS) is 20.2. The van der Waals surface area contributed by atoms with Crippen molar-refractivity contribution in [3.05, 3.63) is 48.5 Å². The van der Waals surface area contributed by atoms with Crippen molar-refractivity contribution in [2.45, 2.75) is 28.7 Å². The minimum absolute atomic E-state index is 0.0211. The standard InChI is InChI=1S/C21H27N3O6S2/c25-31(26,18-6-2-1-3-7-18)23-21-15-19(32(27,28)24-10-13-29-14-11-24)8-9-20(21)22-16-17-5-4-12-30-17/h1-3,6-9,15,17,22-23H,4-5,10-14,16H2/t17-/m0/s1. The van der Waals surface area contributed by atoms with E-state index in [2.05, 4.69) is 10.0 Å². The summed E-state index contributed by atoms with van der Waals surface area (Å²) in [5, 5.41) is 3.21. The molecule has 0 bridgehead atoms. The maximum absolute atomic E-state index is 13.1. The highest BCUT2D eigenvalue weighted by Gasteiger charge is 2.28. The second-order valence-corrected chi connectivity index (χ2v) is 11.3. The average Bonchev–Trinajstić information content (AvgIpc) is 3.33. The smallest absolute Gasteiger partial charge is 0.261 e. The summed E-state index contributed by atoms with van der Waals surface area (Å²) in [5.74, 6) is 0. The lowest BCUT2D eigenvalue weighted by Gasteiger charge is -2.26. The van der Waals surface area contributed by atoms with Crippen LogP contribution in [0, 0.1) is 0 Å². The Morgan fingerprint density at radius 3 is 2.34 bits per heavy atom. The molecular formula is C21H27N3O6S2. The zero-order valence-electron chi connectivity index (χ0n) is 17.6. The van der Waals surface area contributed by atoms with Crippen LogP contribution in [-0.4, -0.2) is 66.7 Å². The molecule has 2 N–H and O–H groups in total. The molecule has 4 rings (SSSR count). The van der Waals surface area contributed by atoms with Crippen molar-refractivity contribution in [1.82, 2.24) is 4.31 Å². The molecule has 1 atom stereocenters. The molecule has 0 radical (unpaired) electrons. The van der Waals surface area contributed by atoms with Gasteiger partial charge in [-0.15, -0.1) is 0 Å². The number of ether oxygens (including phenoxy) is 2. The highest BCUT2D eigenvalue weighted by atomic mass is 32.2. The lowest BCUT2D eigenvalue weighted by atomic mass is 10.2. The number of nitrogens with one attached hydrogen (secondary N) is 2. The van der Waals surface area contributed by atoms with Gasteiger partial charge in [-0.25, -0.2) is 16.8 Å². The lowest BCUT2D eigenvalue weighted by Crippen LogP contribution is -2.40. The van der Waals surface area contributed by atoms with Crippen molar-refractivity contribution >= 4 is 31.4 Å². The third-order valence-corrected chi connectivity index (χ3v) is 8.72. The number of sulfonamides is 2. The van der Waals surface area contributed by atoms with Gasteiger partial charge < -0.3 is 14.8 Å². The van der Waals surface area contributed by atoms with E-state index in [9.17, 15) is 16.8 Å². The van der Waals surface area contributed by atoms with E-state index >= 15 is 0 Å². The molecule has 0 saturated carbocycles. The Balaban J connectivity index is 1.65. The molecule has 0 aromatic heterocycles. The average molecular weight is 482 g/mol. The van der Waals surface area contributed by atoms with Crippen molar-refractivity contribution in [3.8, 4) is 0 Å². The first-order chi connectivity index (χ1) is 15.4. The second kappa shape index (κ2) is 9.75. The number of hydrogen-bond acceptors (Lipinski definition) is 7. The summed E-state index contributed by atoms with van der Waals surface area (Å²) in [6.07, 6.45) is 1.93. The van der Waals surface area contributed by atoms with E-state index in [0.717, 1.165) is 12.8 Å². The van der Waals surface area contributed by atoms with Crippen molar-refractivity contribution in [1.29, 1.82) is 0 Å². The molecule has 2 aromatic rings. The van der Waals surface area contributed by atoms with Crippen molar-refractivity contribution in [3.63, 3.8) is 0 Å². The van der Waals surface area contributed by atoms with Crippen LogP contribution >= 0.6 is 0 Å². The number of morpholine rings is 1. The fraction of sp³-hybridized carbons (Fsp3) is 0.429. The summed E-state index contributed by atoms with van der Waals surface area (Å²) in [6, 6.07) is 12.4. The summed E-state index contributed by atoms with van der Waals surface area (Å²) in [4.78, 5) is 0.111. The summed E-state index contributed by atoms with van der Waals surface area (Å²) in [7, 11) is -7.70. The molecule has 2 aliphatic heterocycles. The van der Waals surface area contributed by atoms with Crippen LogP contribution in [0.2, 0.25) is 0 Å². The van der Waals surface area contributed by atoms with Crippen LogP contribution in [0.15, 0.2) is 58.3 Å². The molecule has 0 unspecified atom stereocenters. The van der Waals surface area contributed by atoms with Gasteiger partial charge in [0.1, 0.15) is 0 Å². The maximum Gasteiger partial charge on any atom is 0.261 e. The number of anilines is 2. The molecule has 32 heavy (non-hydrogen) atoms. The fourth-order valence-electron chi connectivity index (χ4n) is 3.69. The number of benzene rings is 2. The van der Waals surface area contributed by atoms with E-state index in [1.54, 1.807) is 24.3 Å². The van der Waals surface area contributed by atoms with E-state index in [4.69, 9.17) is 9.47 Å². The Labute approximate surface area is 188 Å². The topological polar surface area (TPSA) is 114 Å². The minimum Gasteiger partial charge on any atom is -0.381 e. The molecule has 2 fully saturated rings. The number of hydrogen-bond donors (Lipinski definition) is 2. The first-order valence-corrected chi connectivity index (χ1v) is 13.4. The quantitative estimate of drug-likeness (QED) is 0.593. The zero-order valence-corrected chi connectivity index (χ0v) is 19.2. The molecule has 2 saturated heterocycles. The largest absolute Gasteiger partial charge is 0.381 e. The molecule has 0 aliphatic carbocycles. The Morgan fingerprint density at radius 1 is 0.906 bits per heavy atom. The first-order valence-electron chi connectivity index (χ1n) is 10.5. The van der Waals surface area contributed by atoms with Gasteiger partial charge in [-0.1, -0.05) is 18.2 Å². The van der Waals surface area contributed by atoms with Crippen LogP contribution in [0.4, 0.5) is 11.4 Å². The SMILES string of the molecule is O=S(=O)(Nc1cc(S(=O)(=O)N2CCOCC2)ccc1NC[C@@H]1CCCO1)c1ccccc1. The van der Waals surface area contributed by atoms with E-state index < -0.39 is 20.0 Å². The molecule has 0 spiro atoms. The van der Waals surface area contributed by atoms with Crippen LogP contribution in [0.1, 0.15) is 12.8 Å². The van der Waals surface area contributed by atoms with Gasteiger partial charge in [-0.3, -0.25) is 4.72 Å². The Morgan fingerprint density at radius 2 is 1.66 bits per heavy atom. The number of rotatable bonds is 8. The molecule has 0 amide bonds. The summed E-state index contributed by atoms with van der Waals surface area (Å²) in [5.41, 5.74) is 0.655. The Bertz CT molecular complexity index is 1130. The van der Waals surface area contributed by atoms with Gasteiger partial charge in [0.05, 0.1) is 40.5 Å². The van der Waals surface area contributed by atoms with Crippen LogP contribution in [0.3, 0.4) is 0 Å². The molecule has 2 aliphatic rings. The predicted octanol–water partition coefficient (Wildman–Crippen LogP) is 2.10. The molecular weight excluding hydrogens is 454 g/mol. The monoisotopic (exact) mass is 481 g/mol. The van der Waals surface area contributed by atoms with Gasteiger partial charge in [0, 0.05) is 26.2 Å². The van der Waals surface area contributed by atoms with Crippen LogP contribution in [0.5, 0.6) is 0 Å². The van der Waals surface area contributed by atoms with E-state index in [0.29, 0.717) is 32.1 Å². The van der Waals surface area contributed by atoms with Crippen molar-refractivity contribution in [2.75, 3.05) is 49.5 Å². The van der Waals surface area contributed by atoms with Gasteiger partial charge in [-0.05, 0) is 43.2 Å². The summed E-state index contributed by atoms with van der Waals surface area (Å²) >= 11 is 0. The summed E-state index contributed by atoms with van der Waals surface area (Å²) in [6.45, 7) is 2.37. The van der Waals surface area contributed by atoms with Crippen LogP contribution in [0.25, 0.3) is 0 Å². The van der Waals surface area contributed by atoms with Gasteiger partial charge in [-0.2, -0.15) is 4.31 Å². The highest BCUT2D eigenvalue weighted by Crippen LogP contribution is 2.30. The van der Waals surface area contributed by atoms with Crippen molar-refractivity contribution in [2.24, 2.45) is 0 Å². The fourth-order valence-corrected chi connectivity index (χ4v) is 6.22. The molecule has 174 valence electrons. The molecule has 2 heterocycles. The highest BCUT2D eigenvalue weighted by molar-refractivity contribution is 7.92. The third kappa shape index (κ3) is 5.24. The Kier molecular flexibility index (Phi) is 7.01. The Hall–Kier alpha value is -2.18. The molecule has 2 aromatic carbocycles. The molecule has 9 nitrogen and oxygen atoms in total. The minimum atomic E-state index is -3.91. The molecule has 11 heteroatoms. The van der Waals surface area contributed by atoms with Gasteiger partial charge in [0.2, 0.25) is 10.0 Å². The van der Waals surface area contributed by atoms with E-state index in [1.807, 2.05) is 0 Å². The zero-order chi connectivity index (χ0) is 22.6. The van der Waals surface area contributed by atoms with Crippen LogP contribution < -0.4 is 10.0 Å². The van der Waals surface area contributed by atoms with Crippen LogP contribution in [-0.2, 0) is 29.5 Å². The third-order valence-electron chi connectivity index (χ3n) is 5.44. The maximum atomic E-state index is 13.1. The predicted molar refractivity (Wildman–Crippen MR) is 121 cm³/mol. The second-order valence-electron chi connectivity index (χ2n) is 7.66.